The third kappa shape index (κ3) is 1.32. The highest BCUT2D eigenvalue weighted by molar-refractivity contribution is 5.05. The predicted molar refractivity (Wildman–Crippen MR) is 56.9 cm³/mol. The second-order valence-corrected chi connectivity index (χ2v) is 6.02. The van der Waals surface area contributed by atoms with E-state index in [4.69, 9.17) is 0 Å². The monoisotopic (exact) mass is 194 g/mol. The zero-order chi connectivity index (χ0) is 9.60. The molecule has 2 atom stereocenters. The highest BCUT2D eigenvalue weighted by Crippen LogP contribution is 2.63. The number of aliphatic hydroxyl groups excluding tert-OH is 1. The lowest BCUT2D eigenvalue weighted by Gasteiger charge is -2.39. The molecule has 1 nitrogen and oxygen atoms in total. The molecule has 14 heavy (non-hydrogen) atoms. The van der Waals surface area contributed by atoms with Crippen LogP contribution >= 0.6 is 0 Å². The molecule has 0 saturated heterocycles. The summed E-state index contributed by atoms with van der Waals surface area (Å²) in [5, 5.41) is 9.71. The predicted octanol–water partition coefficient (Wildman–Crippen LogP) is 2.98. The van der Waals surface area contributed by atoms with Gasteiger partial charge in [-0.1, -0.05) is 19.3 Å². The molecule has 1 heteroatoms. The molecule has 0 aromatic rings. The van der Waals surface area contributed by atoms with Gasteiger partial charge in [0.2, 0.25) is 0 Å². The van der Waals surface area contributed by atoms with Crippen LogP contribution in [0.5, 0.6) is 0 Å². The van der Waals surface area contributed by atoms with Crippen molar-refractivity contribution in [1.82, 2.24) is 0 Å². The molecule has 0 bridgehead atoms. The Hall–Kier alpha value is -0.0400. The van der Waals surface area contributed by atoms with Gasteiger partial charge in [-0.3, -0.25) is 0 Å². The van der Waals surface area contributed by atoms with Gasteiger partial charge in [0, 0.05) is 6.61 Å². The minimum atomic E-state index is 0.383. The van der Waals surface area contributed by atoms with E-state index in [0.29, 0.717) is 12.0 Å². The van der Waals surface area contributed by atoms with E-state index in [-0.39, 0.29) is 0 Å². The van der Waals surface area contributed by atoms with Crippen LogP contribution in [-0.2, 0) is 0 Å². The van der Waals surface area contributed by atoms with Crippen LogP contribution in [0.3, 0.4) is 0 Å². The van der Waals surface area contributed by atoms with Crippen LogP contribution in [0, 0.1) is 23.2 Å². The van der Waals surface area contributed by atoms with Crippen molar-refractivity contribution in [3.63, 3.8) is 0 Å². The van der Waals surface area contributed by atoms with Crippen LogP contribution in [0.4, 0.5) is 0 Å². The second kappa shape index (κ2) is 3.23. The van der Waals surface area contributed by atoms with Crippen LogP contribution in [0.15, 0.2) is 0 Å². The number of hydrogen-bond donors (Lipinski definition) is 1. The van der Waals surface area contributed by atoms with Crippen molar-refractivity contribution in [1.29, 1.82) is 0 Å². The molecule has 3 aliphatic rings. The van der Waals surface area contributed by atoms with Crippen molar-refractivity contribution in [3.8, 4) is 0 Å². The summed E-state index contributed by atoms with van der Waals surface area (Å²) in [6, 6.07) is 0. The van der Waals surface area contributed by atoms with E-state index in [2.05, 4.69) is 0 Å². The minimum Gasteiger partial charge on any atom is -0.396 e. The zero-order valence-corrected chi connectivity index (χ0v) is 9.04. The standard InChI is InChI=1S/C13H22O/c14-9-13(7-10-6-11(10)8-13)12-4-2-1-3-5-12/h10-12,14H,1-9H2. The van der Waals surface area contributed by atoms with E-state index in [1.165, 1.54) is 51.4 Å². The molecule has 0 heterocycles. The highest BCUT2D eigenvalue weighted by Gasteiger charge is 2.56. The normalized spacial score (nSPS) is 47.8. The maximum absolute atomic E-state index is 9.71. The van der Waals surface area contributed by atoms with Crippen LogP contribution in [-0.4, -0.2) is 11.7 Å². The van der Waals surface area contributed by atoms with Crippen molar-refractivity contribution in [2.24, 2.45) is 23.2 Å². The van der Waals surface area contributed by atoms with Gasteiger partial charge in [0.15, 0.2) is 0 Å². The lowest BCUT2D eigenvalue weighted by atomic mass is 9.66. The van der Waals surface area contributed by atoms with Gasteiger partial charge < -0.3 is 5.11 Å². The first-order chi connectivity index (χ1) is 6.84. The lowest BCUT2D eigenvalue weighted by Crippen LogP contribution is -2.34. The van der Waals surface area contributed by atoms with E-state index in [1.807, 2.05) is 0 Å². The van der Waals surface area contributed by atoms with Gasteiger partial charge in [-0.05, 0) is 55.3 Å². The molecule has 0 aliphatic heterocycles. The first-order valence-corrected chi connectivity index (χ1v) is 6.45. The van der Waals surface area contributed by atoms with Gasteiger partial charge in [-0.15, -0.1) is 0 Å². The SMILES string of the molecule is OCC1(C2CCCCC2)CC2CC2C1. The summed E-state index contributed by atoms with van der Waals surface area (Å²) in [5.74, 6) is 2.90. The van der Waals surface area contributed by atoms with Gasteiger partial charge in [0.1, 0.15) is 0 Å². The Morgan fingerprint density at radius 2 is 1.64 bits per heavy atom. The molecule has 80 valence electrons. The molecule has 0 spiro atoms. The highest BCUT2D eigenvalue weighted by atomic mass is 16.3. The molecule has 0 aromatic carbocycles. The van der Waals surface area contributed by atoms with Crippen molar-refractivity contribution in [2.45, 2.75) is 51.4 Å². The minimum absolute atomic E-state index is 0.383. The van der Waals surface area contributed by atoms with E-state index >= 15 is 0 Å². The Morgan fingerprint density at radius 3 is 2.21 bits per heavy atom. The average Bonchev–Trinajstić information content (AvgIpc) is 2.88. The molecule has 3 saturated carbocycles. The fraction of sp³-hybridized carbons (Fsp3) is 1.00. The molecule has 3 rings (SSSR count). The summed E-state index contributed by atoms with van der Waals surface area (Å²) in [5.41, 5.74) is 0.383. The van der Waals surface area contributed by atoms with Gasteiger partial charge in [0.05, 0.1) is 0 Å². The molecular weight excluding hydrogens is 172 g/mol. The summed E-state index contributed by atoms with van der Waals surface area (Å²) in [6.07, 6.45) is 11.3. The zero-order valence-electron chi connectivity index (χ0n) is 9.04. The van der Waals surface area contributed by atoms with Crippen molar-refractivity contribution < 1.29 is 5.11 Å². The lowest BCUT2D eigenvalue weighted by molar-refractivity contribution is 0.0344. The molecule has 1 N–H and O–H groups in total. The first-order valence-electron chi connectivity index (χ1n) is 6.45. The Labute approximate surface area is 86.9 Å². The van der Waals surface area contributed by atoms with Crippen molar-refractivity contribution >= 4 is 0 Å². The van der Waals surface area contributed by atoms with Gasteiger partial charge in [-0.2, -0.15) is 0 Å². The topological polar surface area (TPSA) is 20.2 Å². The maximum atomic E-state index is 9.71. The van der Waals surface area contributed by atoms with Crippen molar-refractivity contribution in [3.05, 3.63) is 0 Å². The summed E-state index contributed by atoms with van der Waals surface area (Å²) in [7, 11) is 0. The summed E-state index contributed by atoms with van der Waals surface area (Å²) in [6.45, 7) is 0.477. The van der Waals surface area contributed by atoms with Crippen LogP contribution in [0.1, 0.15) is 51.4 Å². The summed E-state index contributed by atoms with van der Waals surface area (Å²) < 4.78 is 0. The third-order valence-electron chi connectivity index (χ3n) is 5.19. The van der Waals surface area contributed by atoms with E-state index in [1.54, 1.807) is 0 Å². The summed E-state index contributed by atoms with van der Waals surface area (Å²) in [4.78, 5) is 0. The molecular formula is C13H22O. The average molecular weight is 194 g/mol. The first kappa shape index (κ1) is 9.21. The fourth-order valence-corrected chi connectivity index (χ4v) is 4.24. The Balaban J connectivity index is 1.72. The molecule has 3 fully saturated rings. The Bertz CT molecular complexity index is 207. The Kier molecular flexibility index (Phi) is 2.12. The van der Waals surface area contributed by atoms with E-state index in [9.17, 15) is 5.11 Å². The van der Waals surface area contributed by atoms with Crippen LogP contribution in [0.25, 0.3) is 0 Å². The number of fused-ring (bicyclic) bond motifs is 1. The molecule has 3 aliphatic carbocycles. The maximum Gasteiger partial charge on any atom is 0.0490 e. The second-order valence-electron chi connectivity index (χ2n) is 6.02. The third-order valence-corrected chi connectivity index (χ3v) is 5.19. The summed E-state index contributed by atoms with van der Waals surface area (Å²) >= 11 is 0. The van der Waals surface area contributed by atoms with Gasteiger partial charge in [0.25, 0.3) is 0 Å². The number of aliphatic hydroxyl groups is 1. The number of hydrogen-bond acceptors (Lipinski definition) is 1. The smallest absolute Gasteiger partial charge is 0.0490 e. The molecule has 0 amide bonds. The Morgan fingerprint density at radius 1 is 1.00 bits per heavy atom. The van der Waals surface area contributed by atoms with E-state index < -0.39 is 0 Å². The fourth-order valence-electron chi connectivity index (χ4n) is 4.24. The molecule has 2 unspecified atom stereocenters. The largest absolute Gasteiger partial charge is 0.396 e. The van der Waals surface area contributed by atoms with Gasteiger partial charge >= 0.3 is 0 Å². The van der Waals surface area contributed by atoms with Crippen LogP contribution in [0.2, 0.25) is 0 Å². The van der Waals surface area contributed by atoms with Crippen molar-refractivity contribution in [2.75, 3.05) is 6.61 Å². The van der Waals surface area contributed by atoms with E-state index in [0.717, 1.165) is 17.8 Å². The quantitative estimate of drug-likeness (QED) is 0.716. The van der Waals surface area contributed by atoms with Crippen LogP contribution < -0.4 is 0 Å². The molecule has 0 radical (unpaired) electrons. The molecule has 0 aromatic heterocycles. The number of rotatable bonds is 2. The van der Waals surface area contributed by atoms with Gasteiger partial charge in [-0.25, -0.2) is 0 Å².